The first-order chi connectivity index (χ1) is 11.7. The summed E-state index contributed by atoms with van der Waals surface area (Å²) in [7, 11) is -1.50. The van der Waals surface area contributed by atoms with Gasteiger partial charge in [0.05, 0.1) is 11.9 Å². The summed E-state index contributed by atoms with van der Waals surface area (Å²) in [6.45, 7) is 4.53. The van der Waals surface area contributed by atoms with Gasteiger partial charge in [-0.1, -0.05) is 0 Å². The Kier molecular flexibility index (Phi) is 6.18. The van der Waals surface area contributed by atoms with Crippen LogP contribution in [0.5, 0.6) is 0 Å². The zero-order chi connectivity index (χ0) is 18.6. The molecule has 0 atom stereocenters. The molecule has 0 spiro atoms. The lowest BCUT2D eigenvalue weighted by atomic mass is 10.1. The Bertz CT molecular complexity index is 723. The molecule has 0 saturated carbocycles. The van der Waals surface area contributed by atoms with Gasteiger partial charge in [-0.15, -0.1) is 0 Å². The molecule has 1 aliphatic heterocycles. The van der Waals surface area contributed by atoms with E-state index in [1.54, 1.807) is 29.2 Å². The first-order valence-electron chi connectivity index (χ1n) is 8.23. The molecule has 25 heavy (non-hydrogen) atoms. The van der Waals surface area contributed by atoms with Crippen LogP contribution < -0.4 is 4.31 Å². The minimum Gasteiger partial charge on any atom is -0.340 e. The van der Waals surface area contributed by atoms with Gasteiger partial charge in [0.2, 0.25) is 15.9 Å². The van der Waals surface area contributed by atoms with Gasteiger partial charge in [0, 0.05) is 44.7 Å². The van der Waals surface area contributed by atoms with Crippen molar-refractivity contribution < 1.29 is 18.0 Å². The third-order valence-corrected chi connectivity index (χ3v) is 5.54. The summed E-state index contributed by atoms with van der Waals surface area (Å²) in [4.78, 5) is 27.6. The number of benzene rings is 1. The highest BCUT2D eigenvalue weighted by Gasteiger charge is 2.23. The Morgan fingerprint density at radius 2 is 1.64 bits per heavy atom. The van der Waals surface area contributed by atoms with Crippen molar-refractivity contribution in [3.63, 3.8) is 0 Å². The van der Waals surface area contributed by atoms with E-state index in [1.165, 1.54) is 11.2 Å². The normalized spacial score (nSPS) is 15.9. The topological polar surface area (TPSA) is 78.0 Å². The second kappa shape index (κ2) is 7.97. The van der Waals surface area contributed by atoms with E-state index in [4.69, 9.17) is 0 Å². The monoisotopic (exact) mass is 367 g/mol. The van der Waals surface area contributed by atoms with Crippen LogP contribution in [0.1, 0.15) is 23.7 Å². The lowest BCUT2D eigenvalue weighted by Crippen LogP contribution is -2.48. The summed E-state index contributed by atoms with van der Waals surface area (Å²) >= 11 is 0. The smallest absolute Gasteiger partial charge is 0.232 e. The zero-order valence-corrected chi connectivity index (χ0v) is 15.8. The molecule has 1 fully saturated rings. The van der Waals surface area contributed by atoms with Gasteiger partial charge in [0.1, 0.15) is 0 Å². The van der Waals surface area contributed by atoms with Crippen molar-refractivity contribution in [2.45, 2.75) is 13.3 Å². The maximum Gasteiger partial charge on any atom is 0.232 e. The molecular formula is C17H25N3O4S. The molecule has 1 aromatic carbocycles. The molecular weight excluding hydrogens is 342 g/mol. The fraction of sp³-hybridized carbons (Fsp3) is 0.529. The van der Waals surface area contributed by atoms with Gasteiger partial charge < -0.3 is 9.80 Å². The summed E-state index contributed by atoms with van der Waals surface area (Å²) in [5.41, 5.74) is 0.976. The Morgan fingerprint density at radius 3 is 2.12 bits per heavy atom. The molecule has 1 saturated heterocycles. The second-order valence-corrected chi connectivity index (χ2v) is 8.28. The largest absolute Gasteiger partial charge is 0.340 e. The SMILES string of the molecule is CC(=O)c1ccc(N(CCC(=O)N2CCN(C)CC2)S(C)(=O)=O)cc1. The predicted octanol–water partition coefficient (Wildman–Crippen LogP) is 0.819. The van der Waals surface area contributed by atoms with Crippen molar-refractivity contribution >= 4 is 27.4 Å². The number of amides is 1. The quantitative estimate of drug-likeness (QED) is 0.696. The molecule has 1 heterocycles. The highest BCUT2D eigenvalue weighted by Crippen LogP contribution is 2.19. The second-order valence-electron chi connectivity index (χ2n) is 6.37. The van der Waals surface area contributed by atoms with Crippen LogP contribution in [0.25, 0.3) is 0 Å². The molecule has 0 aliphatic carbocycles. The van der Waals surface area contributed by atoms with E-state index < -0.39 is 10.0 Å². The number of anilines is 1. The van der Waals surface area contributed by atoms with E-state index in [-0.39, 0.29) is 24.7 Å². The van der Waals surface area contributed by atoms with E-state index in [9.17, 15) is 18.0 Å². The van der Waals surface area contributed by atoms with Crippen LogP contribution in [0.3, 0.4) is 0 Å². The summed E-state index contributed by atoms with van der Waals surface area (Å²) in [5, 5.41) is 0. The Hall–Kier alpha value is -1.93. The number of carbonyl (C=O) groups is 2. The summed E-state index contributed by atoms with van der Waals surface area (Å²) in [5.74, 6) is -0.121. The highest BCUT2D eigenvalue weighted by atomic mass is 32.2. The van der Waals surface area contributed by atoms with Crippen LogP contribution in [0.2, 0.25) is 0 Å². The molecule has 1 aliphatic rings. The Balaban J connectivity index is 2.06. The van der Waals surface area contributed by atoms with Gasteiger partial charge in [-0.25, -0.2) is 8.42 Å². The van der Waals surface area contributed by atoms with E-state index >= 15 is 0 Å². The molecule has 0 unspecified atom stereocenters. The Morgan fingerprint density at radius 1 is 1.08 bits per heavy atom. The molecule has 8 heteroatoms. The number of sulfonamides is 1. The maximum atomic E-state index is 12.4. The Labute approximate surface area is 149 Å². The van der Waals surface area contributed by atoms with Crippen molar-refractivity contribution in [2.24, 2.45) is 0 Å². The van der Waals surface area contributed by atoms with Gasteiger partial charge in [-0.3, -0.25) is 13.9 Å². The fourth-order valence-electron chi connectivity index (χ4n) is 2.76. The van der Waals surface area contributed by atoms with Crippen LogP contribution >= 0.6 is 0 Å². The lowest BCUT2D eigenvalue weighted by molar-refractivity contribution is -0.132. The van der Waals surface area contributed by atoms with Crippen molar-refractivity contribution in [2.75, 3.05) is 50.3 Å². The number of carbonyl (C=O) groups excluding carboxylic acids is 2. The number of hydrogen-bond donors (Lipinski definition) is 0. The number of nitrogens with zero attached hydrogens (tertiary/aromatic N) is 3. The number of rotatable bonds is 6. The van der Waals surface area contributed by atoms with Crippen LogP contribution in [0.15, 0.2) is 24.3 Å². The summed E-state index contributed by atoms with van der Waals surface area (Å²) in [6.07, 6.45) is 1.25. The number of piperazine rings is 1. The van der Waals surface area contributed by atoms with E-state index in [1.807, 2.05) is 7.05 Å². The van der Waals surface area contributed by atoms with Crippen molar-refractivity contribution in [1.29, 1.82) is 0 Å². The highest BCUT2D eigenvalue weighted by molar-refractivity contribution is 7.92. The lowest BCUT2D eigenvalue weighted by Gasteiger charge is -2.33. The zero-order valence-electron chi connectivity index (χ0n) is 14.9. The van der Waals surface area contributed by atoms with E-state index in [2.05, 4.69) is 4.90 Å². The first kappa shape index (κ1) is 19.4. The molecule has 138 valence electrons. The van der Waals surface area contributed by atoms with Crippen molar-refractivity contribution in [3.05, 3.63) is 29.8 Å². The molecule has 0 bridgehead atoms. The van der Waals surface area contributed by atoms with Crippen molar-refractivity contribution in [3.8, 4) is 0 Å². The fourth-order valence-corrected chi connectivity index (χ4v) is 3.69. The summed E-state index contributed by atoms with van der Waals surface area (Å²) < 4.78 is 25.4. The summed E-state index contributed by atoms with van der Waals surface area (Å²) in [6, 6.07) is 6.38. The molecule has 1 amide bonds. The van der Waals surface area contributed by atoms with Crippen LogP contribution in [0.4, 0.5) is 5.69 Å². The average Bonchev–Trinajstić information content (AvgIpc) is 2.54. The third kappa shape index (κ3) is 5.27. The van der Waals surface area contributed by atoms with Gasteiger partial charge in [-0.2, -0.15) is 0 Å². The molecule has 1 aromatic rings. The predicted molar refractivity (Wildman–Crippen MR) is 97.3 cm³/mol. The van der Waals surface area contributed by atoms with Gasteiger partial charge in [0.25, 0.3) is 0 Å². The van der Waals surface area contributed by atoms with Gasteiger partial charge >= 0.3 is 0 Å². The standard InChI is InChI=1S/C17H25N3O4S/c1-14(21)15-4-6-16(7-5-15)20(25(3,23)24)9-8-17(22)19-12-10-18(2)11-13-19/h4-7H,8-13H2,1-3H3. The minimum atomic E-state index is -3.52. The van der Waals surface area contributed by atoms with Crippen molar-refractivity contribution in [1.82, 2.24) is 9.80 Å². The molecule has 0 radical (unpaired) electrons. The van der Waals surface area contributed by atoms with Crippen LogP contribution in [-0.4, -0.2) is 75.9 Å². The molecule has 0 aromatic heterocycles. The average molecular weight is 367 g/mol. The van der Waals surface area contributed by atoms with E-state index in [0.717, 1.165) is 19.3 Å². The molecule has 0 N–H and O–H groups in total. The number of hydrogen-bond acceptors (Lipinski definition) is 5. The third-order valence-electron chi connectivity index (χ3n) is 4.35. The maximum absolute atomic E-state index is 12.4. The number of Topliss-reactive ketones (excluding diaryl/α,β-unsaturated/α-hetero) is 1. The molecule has 7 nitrogen and oxygen atoms in total. The van der Waals surface area contributed by atoms with Crippen LogP contribution in [0, 0.1) is 0 Å². The van der Waals surface area contributed by atoms with Gasteiger partial charge in [-0.05, 0) is 38.2 Å². The first-order valence-corrected chi connectivity index (χ1v) is 10.1. The number of likely N-dealkylation sites (N-methyl/N-ethyl adjacent to an activating group) is 1. The molecule has 2 rings (SSSR count). The van der Waals surface area contributed by atoms with Crippen LogP contribution in [-0.2, 0) is 14.8 Å². The van der Waals surface area contributed by atoms with Gasteiger partial charge in [0.15, 0.2) is 5.78 Å². The van der Waals surface area contributed by atoms with E-state index in [0.29, 0.717) is 24.3 Å². The minimum absolute atomic E-state index is 0.0397. The number of ketones is 1.